The summed E-state index contributed by atoms with van der Waals surface area (Å²) in [6.45, 7) is 2.09. The van der Waals surface area contributed by atoms with Crippen LogP contribution in [0.2, 0.25) is 0 Å². The maximum Gasteiger partial charge on any atom is 0.326 e. The molecule has 0 aromatic carbocycles. The van der Waals surface area contributed by atoms with Crippen LogP contribution in [-0.2, 0) is 19.2 Å². The van der Waals surface area contributed by atoms with Gasteiger partial charge in [0.05, 0.1) is 13.2 Å². The summed E-state index contributed by atoms with van der Waals surface area (Å²) in [5.41, 5.74) is 5.36. The standard InChI is InChI=1S/C17H32N4O7S/c1-4-9(2)13(17(27)28)21-15(25)11(5-6-29-3)19-16(26)12(8-23)20-14(24)10(18)7-22/h9-13,22-23H,4-8,18H2,1-3H3,(H,19,26)(H,20,24)(H,21,25)(H,27,28). The van der Waals surface area contributed by atoms with Gasteiger partial charge in [-0.15, -0.1) is 0 Å². The molecule has 0 aromatic rings. The molecule has 0 heterocycles. The van der Waals surface area contributed by atoms with Crippen LogP contribution in [0, 0.1) is 5.92 Å². The van der Waals surface area contributed by atoms with Crippen LogP contribution in [0.15, 0.2) is 0 Å². The Morgan fingerprint density at radius 1 is 0.966 bits per heavy atom. The Kier molecular flexibility index (Phi) is 13.2. The molecule has 29 heavy (non-hydrogen) atoms. The highest BCUT2D eigenvalue weighted by Crippen LogP contribution is 2.09. The number of aliphatic carboxylic acids is 1. The van der Waals surface area contributed by atoms with Crippen molar-refractivity contribution in [1.29, 1.82) is 0 Å². The largest absolute Gasteiger partial charge is 0.480 e. The number of carbonyl (C=O) groups is 4. The van der Waals surface area contributed by atoms with Crippen LogP contribution in [0.25, 0.3) is 0 Å². The van der Waals surface area contributed by atoms with Gasteiger partial charge in [-0.25, -0.2) is 4.79 Å². The van der Waals surface area contributed by atoms with Gasteiger partial charge in [-0.05, 0) is 24.3 Å². The minimum absolute atomic E-state index is 0.216. The Morgan fingerprint density at radius 2 is 1.52 bits per heavy atom. The van der Waals surface area contributed by atoms with Gasteiger partial charge in [0, 0.05) is 0 Å². The molecule has 0 aromatic heterocycles. The van der Waals surface area contributed by atoms with Crippen molar-refractivity contribution in [3.63, 3.8) is 0 Å². The van der Waals surface area contributed by atoms with Crippen molar-refractivity contribution in [2.75, 3.05) is 25.2 Å². The summed E-state index contributed by atoms with van der Waals surface area (Å²) in [6.07, 6.45) is 2.56. The van der Waals surface area contributed by atoms with Gasteiger partial charge in [0.1, 0.15) is 24.2 Å². The lowest BCUT2D eigenvalue weighted by Gasteiger charge is -2.26. The molecular weight excluding hydrogens is 404 g/mol. The first-order chi connectivity index (χ1) is 13.6. The van der Waals surface area contributed by atoms with E-state index in [-0.39, 0.29) is 12.3 Å². The average molecular weight is 437 g/mol. The number of nitrogens with one attached hydrogen (secondary N) is 3. The molecule has 0 fully saturated rings. The third kappa shape index (κ3) is 9.43. The zero-order chi connectivity index (χ0) is 22.6. The Bertz CT molecular complexity index is 564. The fraction of sp³-hybridized carbons (Fsp3) is 0.765. The lowest BCUT2D eigenvalue weighted by atomic mass is 9.98. The molecule has 3 amide bonds. The highest BCUT2D eigenvalue weighted by molar-refractivity contribution is 7.98. The second-order valence-electron chi connectivity index (χ2n) is 6.59. The summed E-state index contributed by atoms with van der Waals surface area (Å²) in [5.74, 6) is -3.34. The van der Waals surface area contributed by atoms with Crippen LogP contribution in [-0.4, -0.2) is 88.4 Å². The number of thioether (sulfide) groups is 1. The number of carboxylic acids is 1. The molecule has 0 aliphatic carbocycles. The predicted molar refractivity (Wildman–Crippen MR) is 108 cm³/mol. The maximum atomic E-state index is 12.6. The van der Waals surface area contributed by atoms with E-state index in [1.54, 1.807) is 13.8 Å². The summed E-state index contributed by atoms with van der Waals surface area (Å²) in [6, 6.07) is -4.82. The van der Waals surface area contributed by atoms with E-state index in [0.717, 1.165) is 0 Å². The maximum absolute atomic E-state index is 12.6. The Labute approximate surface area is 174 Å². The third-order valence-corrected chi connectivity index (χ3v) is 5.01. The van der Waals surface area contributed by atoms with Gasteiger partial charge in [0.2, 0.25) is 17.7 Å². The predicted octanol–water partition coefficient (Wildman–Crippen LogP) is -2.36. The van der Waals surface area contributed by atoms with E-state index in [1.165, 1.54) is 11.8 Å². The van der Waals surface area contributed by atoms with E-state index in [4.69, 9.17) is 10.8 Å². The Balaban J connectivity index is 5.24. The number of amides is 3. The summed E-state index contributed by atoms with van der Waals surface area (Å²) < 4.78 is 0. The minimum atomic E-state index is -1.38. The molecule has 0 bridgehead atoms. The molecular formula is C17H32N4O7S. The quantitative estimate of drug-likeness (QED) is 0.156. The first kappa shape index (κ1) is 27.1. The van der Waals surface area contributed by atoms with Crippen molar-refractivity contribution in [2.45, 2.75) is 50.9 Å². The number of aliphatic hydroxyl groups excluding tert-OH is 2. The van der Waals surface area contributed by atoms with Gasteiger partial charge in [-0.1, -0.05) is 20.3 Å². The molecule has 0 spiro atoms. The number of carbonyl (C=O) groups excluding carboxylic acids is 3. The number of hydrogen-bond acceptors (Lipinski definition) is 8. The number of nitrogens with two attached hydrogens (primary N) is 1. The van der Waals surface area contributed by atoms with E-state index < -0.39 is 61.1 Å². The van der Waals surface area contributed by atoms with Gasteiger partial charge in [-0.3, -0.25) is 14.4 Å². The highest BCUT2D eigenvalue weighted by atomic mass is 32.2. The van der Waals surface area contributed by atoms with E-state index in [9.17, 15) is 29.4 Å². The summed E-state index contributed by atoms with van der Waals surface area (Å²) in [5, 5.41) is 34.7. The molecule has 11 nitrogen and oxygen atoms in total. The molecule has 0 saturated carbocycles. The highest BCUT2D eigenvalue weighted by Gasteiger charge is 2.31. The van der Waals surface area contributed by atoms with Crippen molar-refractivity contribution in [3.05, 3.63) is 0 Å². The molecule has 0 aliphatic heterocycles. The van der Waals surface area contributed by atoms with Crippen molar-refractivity contribution in [3.8, 4) is 0 Å². The van der Waals surface area contributed by atoms with Crippen molar-refractivity contribution < 1.29 is 34.5 Å². The van der Waals surface area contributed by atoms with Crippen LogP contribution in [0.4, 0.5) is 0 Å². The van der Waals surface area contributed by atoms with Crippen LogP contribution in [0.5, 0.6) is 0 Å². The fourth-order valence-corrected chi connectivity index (χ4v) is 2.74. The van der Waals surface area contributed by atoms with Crippen LogP contribution >= 0.6 is 11.8 Å². The average Bonchev–Trinajstić information content (AvgIpc) is 2.70. The zero-order valence-corrected chi connectivity index (χ0v) is 17.7. The molecule has 0 rings (SSSR count). The van der Waals surface area contributed by atoms with Crippen LogP contribution in [0.3, 0.4) is 0 Å². The molecule has 0 saturated heterocycles. The van der Waals surface area contributed by atoms with E-state index in [1.807, 2.05) is 6.26 Å². The zero-order valence-electron chi connectivity index (χ0n) is 16.9. The van der Waals surface area contributed by atoms with Gasteiger partial charge >= 0.3 is 5.97 Å². The van der Waals surface area contributed by atoms with E-state index in [2.05, 4.69) is 16.0 Å². The molecule has 8 N–H and O–H groups in total. The molecule has 0 aliphatic rings. The molecule has 5 atom stereocenters. The van der Waals surface area contributed by atoms with Crippen molar-refractivity contribution >= 4 is 35.5 Å². The summed E-state index contributed by atoms with van der Waals surface area (Å²) >= 11 is 1.43. The second-order valence-corrected chi connectivity index (χ2v) is 7.57. The van der Waals surface area contributed by atoms with Crippen LogP contribution < -0.4 is 21.7 Å². The number of carboxylic acid groups (broad SMARTS) is 1. The number of rotatable bonds is 14. The number of aliphatic hydroxyl groups is 2. The van der Waals surface area contributed by atoms with Gasteiger partial charge in [0.15, 0.2) is 0 Å². The lowest BCUT2D eigenvalue weighted by molar-refractivity contribution is -0.144. The van der Waals surface area contributed by atoms with E-state index in [0.29, 0.717) is 12.2 Å². The SMILES string of the molecule is CCC(C)C(NC(=O)C(CCSC)NC(=O)C(CO)NC(=O)C(N)CO)C(=O)O. The molecule has 168 valence electrons. The normalized spacial score (nSPS) is 16.1. The summed E-state index contributed by atoms with van der Waals surface area (Å²) in [7, 11) is 0. The first-order valence-electron chi connectivity index (χ1n) is 9.22. The van der Waals surface area contributed by atoms with Crippen LogP contribution in [0.1, 0.15) is 26.7 Å². The molecule has 12 heteroatoms. The first-order valence-corrected chi connectivity index (χ1v) is 10.6. The number of hydrogen-bond donors (Lipinski definition) is 7. The minimum Gasteiger partial charge on any atom is -0.480 e. The van der Waals surface area contributed by atoms with Crippen molar-refractivity contribution in [2.24, 2.45) is 11.7 Å². The van der Waals surface area contributed by atoms with E-state index >= 15 is 0 Å². The molecule has 0 radical (unpaired) electrons. The van der Waals surface area contributed by atoms with Gasteiger partial charge in [-0.2, -0.15) is 11.8 Å². The van der Waals surface area contributed by atoms with Gasteiger partial charge < -0.3 is 37.0 Å². The summed E-state index contributed by atoms with van der Waals surface area (Å²) in [4.78, 5) is 48.2. The third-order valence-electron chi connectivity index (χ3n) is 4.37. The Hall–Kier alpha value is -1.89. The topological polar surface area (TPSA) is 191 Å². The second kappa shape index (κ2) is 14.1. The monoisotopic (exact) mass is 436 g/mol. The van der Waals surface area contributed by atoms with Gasteiger partial charge in [0.25, 0.3) is 0 Å². The smallest absolute Gasteiger partial charge is 0.326 e. The lowest BCUT2D eigenvalue weighted by Crippen LogP contribution is -2.58. The molecule has 5 unspecified atom stereocenters. The Morgan fingerprint density at radius 3 is 1.97 bits per heavy atom. The fourth-order valence-electron chi connectivity index (χ4n) is 2.27. The van der Waals surface area contributed by atoms with Crippen molar-refractivity contribution in [1.82, 2.24) is 16.0 Å².